The standard InChI is InChI=1S/C34H44F3N7O3/c1-20-24-12-11-21-17-26(44(31(21)40-24)14-9-7-5-6-8-10-29(39-20)34(35,36)37)32-41-25-16-22(18-28(47-4)30(25)42(32)2)33(45)43-15-13-27(46-3)23(38)19-43/h11-12,16-18,20,23,27,29,39H,5-10,13-15,19,38H2,1-4H3/t20-,23+,27-,29+/m1/s1. The average Bonchev–Trinajstić information content (AvgIpc) is 3.58. The number of aromatic nitrogens is 4. The maximum absolute atomic E-state index is 13.9. The number of hydrogen-bond acceptors (Lipinski definition) is 7. The second-order valence-electron chi connectivity index (χ2n) is 12.9. The second-order valence-corrected chi connectivity index (χ2v) is 12.9. The molecule has 1 aromatic carbocycles. The molecule has 10 nitrogen and oxygen atoms in total. The van der Waals surface area contributed by atoms with Gasteiger partial charge in [0.15, 0.2) is 5.82 Å². The lowest BCUT2D eigenvalue weighted by molar-refractivity contribution is -0.159. The van der Waals surface area contributed by atoms with Gasteiger partial charge < -0.3 is 29.2 Å². The van der Waals surface area contributed by atoms with Gasteiger partial charge in [0.05, 0.1) is 30.1 Å². The normalized spacial score (nSPS) is 23.4. The van der Waals surface area contributed by atoms with Crippen LogP contribution in [0.1, 0.15) is 74.0 Å². The first-order chi connectivity index (χ1) is 22.5. The van der Waals surface area contributed by atoms with E-state index in [2.05, 4.69) is 9.88 Å². The lowest BCUT2D eigenvalue weighted by Gasteiger charge is -2.36. The summed E-state index contributed by atoms with van der Waals surface area (Å²) in [5.41, 5.74) is 10.2. The van der Waals surface area contributed by atoms with Gasteiger partial charge in [0, 0.05) is 56.8 Å². The van der Waals surface area contributed by atoms with E-state index < -0.39 is 18.3 Å². The molecule has 0 radical (unpaired) electrons. The van der Waals surface area contributed by atoms with Crippen molar-refractivity contribution in [3.63, 3.8) is 0 Å². The van der Waals surface area contributed by atoms with E-state index in [0.29, 0.717) is 66.5 Å². The number of imidazole rings is 1. The lowest BCUT2D eigenvalue weighted by Crippen LogP contribution is -2.53. The quantitative estimate of drug-likeness (QED) is 0.289. The SMILES string of the molecule is COc1cc(C(=O)N2CC[C@@H](OC)[C@@H](N)C2)cc2nc(-c3cc4ccc5nc4n3CCCCCCC[C@@H](C(F)(F)F)N[C@@H]5C)n(C)c12. The number of piperidine rings is 1. The predicted molar refractivity (Wildman–Crippen MR) is 174 cm³/mol. The number of rotatable bonds is 4. The van der Waals surface area contributed by atoms with Crippen molar-refractivity contribution >= 4 is 28.0 Å². The summed E-state index contributed by atoms with van der Waals surface area (Å²) in [7, 11) is 5.13. The van der Waals surface area contributed by atoms with Crippen LogP contribution in [-0.4, -0.2) is 81.6 Å². The number of nitrogens with two attached hydrogens (primary N) is 1. The zero-order valence-electron chi connectivity index (χ0n) is 27.4. The molecule has 2 bridgehead atoms. The van der Waals surface area contributed by atoms with Gasteiger partial charge in [-0.05, 0) is 56.5 Å². The zero-order chi connectivity index (χ0) is 33.5. The summed E-state index contributed by atoms with van der Waals surface area (Å²) in [5.74, 6) is 1.06. The molecule has 47 heavy (non-hydrogen) atoms. The minimum atomic E-state index is -4.33. The Hall–Kier alpha value is -3.68. The number of alkyl halides is 3. The van der Waals surface area contributed by atoms with Crippen molar-refractivity contribution in [3.05, 3.63) is 41.6 Å². The third-order valence-electron chi connectivity index (χ3n) is 9.74. The van der Waals surface area contributed by atoms with Crippen LogP contribution in [0.4, 0.5) is 13.2 Å². The monoisotopic (exact) mass is 655 g/mol. The fraction of sp³-hybridized carbons (Fsp3) is 0.559. The molecule has 254 valence electrons. The number of halogens is 3. The third-order valence-corrected chi connectivity index (χ3v) is 9.74. The molecule has 0 saturated carbocycles. The van der Waals surface area contributed by atoms with Gasteiger partial charge in [0.25, 0.3) is 5.91 Å². The molecule has 0 aliphatic carbocycles. The maximum atomic E-state index is 13.9. The van der Waals surface area contributed by atoms with E-state index in [-0.39, 0.29) is 24.5 Å². The molecule has 0 spiro atoms. The van der Waals surface area contributed by atoms with Gasteiger partial charge in [-0.2, -0.15) is 13.2 Å². The summed E-state index contributed by atoms with van der Waals surface area (Å²) >= 11 is 0. The van der Waals surface area contributed by atoms with Crippen LogP contribution >= 0.6 is 0 Å². The minimum absolute atomic E-state index is 0.0555. The summed E-state index contributed by atoms with van der Waals surface area (Å²) < 4.78 is 57.0. The van der Waals surface area contributed by atoms with Crippen molar-refractivity contribution in [2.45, 2.75) is 88.8 Å². The number of amides is 1. The predicted octanol–water partition coefficient (Wildman–Crippen LogP) is 5.72. The lowest BCUT2D eigenvalue weighted by atomic mass is 10.0. The Morgan fingerprint density at radius 1 is 1.02 bits per heavy atom. The van der Waals surface area contributed by atoms with Crippen LogP contribution in [0.3, 0.4) is 0 Å². The number of ether oxygens (including phenoxy) is 2. The van der Waals surface area contributed by atoms with Crippen molar-refractivity contribution in [2.75, 3.05) is 27.3 Å². The van der Waals surface area contributed by atoms with Crippen molar-refractivity contribution in [3.8, 4) is 17.3 Å². The van der Waals surface area contributed by atoms with Crippen LogP contribution in [0.2, 0.25) is 0 Å². The molecule has 2 aliphatic heterocycles. The first-order valence-corrected chi connectivity index (χ1v) is 16.5. The summed E-state index contributed by atoms with van der Waals surface area (Å²) in [6, 6.07) is 6.85. The van der Waals surface area contributed by atoms with E-state index in [9.17, 15) is 18.0 Å². The summed E-state index contributed by atoms with van der Waals surface area (Å²) in [5, 5.41) is 3.68. The largest absolute Gasteiger partial charge is 0.494 e. The van der Waals surface area contributed by atoms with Gasteiger partial charge in [-0.25, -0.2) is 9.97 Å². The van der Waals surface area contributed by atoms with E-state index in [1.807, 2.05) is 23.7 Å². The Labute approximate surface area is 272 Å². The Balaban J connectivity index is 1.40. The molecular formula is C34H44F3N7O3. The number of carbonyl (C=O) groups is 1. The van der Waals surface area contributed by atoms with Crippen LogP contribution in [0.25, 0.3) is 33.6 Å². The summed E-state index contributed by atoms with van der Waals surface area (Å²) in [4.78, 5) is 25.3. The van der Waals surface area contributed by atoms with Gasteiger partial charge in [0.2, 0.25) is 0 Å². The first-order valence-electron chi connectivity index (χ1n) is 16.5. The fourth-order valence-corrected chi connectivity index (χ4v) is 7.11. The molecule has 5 heterocycles. The summed E-state index contributed by atoms with van der Waals surface area (Å²) in [6.07, 6.45) is 0.181. The zero-order valence-corrected chi connectivity index (χ0v) is 27.4. The smallest absolute Gasteiger partial charge is 0.403 e. The molecule has 3 aromatic heterocycles. The molecule has 1 amide bonds. The number of methoxy groups -OCH3 is 2. The van der Waals surface area contributed by atoms with E-state index in [1.165, 1.54) is 0 Å². The average molecular weight is 656 g/mol. The highest BCUT2D eigenvalue weighted by Crippen LogP contribution is 2.35. The highest BCUT2D eigenvalue weighted by Gasteiger charge is 2.40. The number of aryl methyl sites for hydroxylation is 2. The number of fused-ring (bicyclic) bond motifs is 2. The molecule has 6 rings (SSSR count). The fourth-order valence-electron chi connectivity index (χ4n) is 7.11. The van der Waals surface area contributed by atoms with Crippen LogP contribution in [0, 0.1) is 0 Å². The van der Waals surface area contributed by atoms with Gasteiger partial charge in [0.1, 0.15) is 23.0 Å². The van der Waals surface area contributed by atoms with Crippen LogP contribution in [-0.2, 0) is 18.3 Å². The van der Waals surface area contributed by atoms with Crippen LogP contribution < -0.4 is 15.8 Å². The number of likely N-dealkylation sites (tertiary alicyclic amines) is 1. The van der Waals surface area contributed by atoms with Gasteiger partial charge in [-0.1, -0.05) is 25.7 Å². The molecule has 1 fully saturated rings. The van der Waals surface area contributed by atoms with Crippen molar-refractivity contribution in [1.82, 2.24) is 29.3 Å². The highest BCUT2D eigenvalue weighted by atomic mass is 19.4. The Bertz CT molecular complexity index is 1750. The number of hydrogen-bond donors (Lipinski definition) is 2. The molecule has 1 saturated heterocycles. The first kappa shape index (κ1) is 33.2. The minimum Gasteiger partial charge on any atom is -0.494 e. The maximum Gasteiger partial charge on any atom is 0.403 e. The van der Waals surface area contributed by atoms with Crippen molar-refractivity contribution < 1.29 is 27.4 Å². The van der Waals surface area contributed by atoms with E-state index in [0.717, 1.165) is 42.3 Å². The van der Waals surface area contributed by atoms with Crippen LogP contribution in [0.15, 0.2) is 30.3 Å². The number of nitrogens with one attached hydrogen (secondary N) is 1. The molecule has 2 aliphatic rings. The van der Waals surface area contributed by atoms with E-state index in [4.69, 9.17) is 25.2 Å². The Morgan fingerprint density at radius 2 is 1.79 bits per heavy atom. The summed E-state index contributed by atoms with van der Waals surface area (Å²) in [6.45, 7) is 3.35. The third kappa shape index (κ3) is 6.57. The molecule has 4 aromatic rings. The van der Waals surface area contributed by atoms with Gasteiger partial charge in [-0.15, -0.1) is 0 Å². The van der Waals surface area contributed by atoms with Crippen molar-refractivity contribution in [2.24, 2.45) is 12.8 Å². The van der Waals surface area contributed by atoms with Gasteiger partial charge in [-0.3, -0.25) is 10.1 Å². The number of pyridine rings is 1. The topological polar surface area (TPSA) is 112 Å². The Morgan fingerprint density at radius 3 is 2.51 bits per heavy atom. The van der Waals surface area contributed by atoms with E-state index in [1.54, 1.807) is 44.2 Å². The highest BCUT2D eigenvalue weighted by molar-refractivity contribution is 6.00. The van der Waals surface area contributed by atoms with E-state index >= 15 is 0 Å². The molecule has 0 unspecified atom stereocenters. The second kappa shape index (κ2) is 13.4. The number of benzene rings is 1. The van der Waals surface area contributed by atoms with Crippen LogP contribution in [0.5, 0.6) is 5.75 Å². The molecule has 3 N–H and O–H groups in total. The molecule has 4 atom stereocenters. The number of carbonyl (C=O) groups excluding carboxylic acids is 1. The molecule has 13 heteroatoms. The number of nitrogens with zero attached hydrogens (tertiary/aromatic N) is 5. The van der Waals surface area contributed by atoms with Crippen molar-refractivity contribution in [1.29, 1.82) is 0 Å². The Kier molecular flexibility index (Phi) is 9.50. The molecular weight excluding hydrogens is 611 g/mol. The van der Waals surface area contributed by atoms with Gasteiger partial charge >= 0.3 is 6.18 Å².